The van der Waals surface area contributed by atoms with Crippen LogP contribution in [0.15, 0.2) is 0 Å². The van der Waals surface area contributed by atoms with Gasteiger partial charge in [-0.2, -0.15) is 0 Å². The average Bonchev–Trinajstić information content (AvgIpc) is 2.11. The molecule has 0 amide bonds. The molecule has 0 bridgehead atoms. The van der Waals surface area contributed by atoms with Crippen LogP contribution in [-0.4, -0.2) is 40.9 Å². The molecule has 0 spiro atoms. The number of piperidine rings is 1. The van der Waals surface area contributed by atoms with Gasteiger partial charge in [-0.3, -0.25) is 14.5 Å². The second-order valence-electron chi connectivity index (χ2n) is 3.87. The Morgan fingerprint density at radius 2 is 2.36 bits per heavy atom. The summed E-state index contributed by atoms with van der Waals surface area (Å²) in [6.45, 7) is 4.90. The van der Waals surface area contributed by atoms with Crippen molar-refractivity contribution in [3.8, 4) is 0 Å². The Bertz CT molecular complexity index is 240. The fraction of sp³-hybridized carbons (Fsp3) is 0.800. The summed E-state index contributed by atoms with van der Waals surface area (Å²) in [5, 5.41) is 8.95. The van der Waals surface area contributed by atoms with Crippen LogP contribution >= 0.6 is 0 Å². The van der Waals surface area contributed by atoms with Gasteiger partial charge in [-0.1, -0.05) is 13.8 Å². The first-order valence-corrected chi connectivity index (χ1v) is 5.05. The van der Waals surface area contributed by atoms with E-state index < -0.39 is 12.0 Å². The van der Waals surface area contributed by atoms with Crippen molar-refractivity contribution in [2.75, 3.05) is 13.1 Å². The molecule has 1 aliphatic rings. The lowest BCUT2D eigenvalue weighted by molar-refractivity contribution is -0.145. The van der Waals surface area contributed by atoms with Crippen molar-refractivity contribution in [1.82, 2.24) is 4.90 Å². The first-order valence-electron chi connectivity index (χ1n) is 5.05. The first-order chi connectivity index (χ1) is 6.56. The molecule has 1 fully saturated rings. The van der Waals surface area contributed by atoms with E-state index in [0.29, 0.717) is 25.9 Å². The van der Waals surface area contributed by atoms with Crippen molar-refractivity contribution in [2.24, 2.45) is 5.92 Å². The number of carbonyl (C=O) groups excluding carboxylic acids is 1. The molecule has 2 unspecified atom stereocenters. The highest BCUT2D eigenvalue weighted by molar-refractivity contribution is 5.82. The quantitative estimate of drug-likeness (QED) is 0.729. The van der Waals surface area contributed by atoms with Gasteiger partial charge in [0.25, 0.3) is 0 Å². The van der Waals surface area contributed by atoms with Crippen molar-refractivity contribution in [3.05, 3.63) is 0 Å². The fourth-order valence-corrected chi connectivity index (χ4v) is 1.92. The third-order valence-electron chi connectivity index (χ3n) is 2.82. The number of Topliss-reactive ketones (excluding diaryl/α,β-unsaturated/α-hetero) is 1. The number of hydrogen-bond donors (Lipinski definition) is 1. The molecule has 4 heteroatoms. The molecule has 1 saturated heterocycles. The molecule has 0 aliphatic carbocycles. The largest absolute Gasteiger partial charge is 0.480 e. The Balaban J connectivity index is 2.60. The molecule has 1 rings (SSSR count). The average molecular weight is 199 g/mol. The van der Waals surface area contributed by atoms with Gasteiger partial charge in [-0.25, -0.2) is 0 Å². The van der Waals surface area contributed by atoms with Gasteiger partial charge in [0, 0.05) is 25.4 Å². The molecule has 4 nitrogen and oxygen atoms in total. The van der Waals surface area contributed by atoms with E-state index in [-0.39, 0.29) is 11.7 Å². The number of aliphatic carboxylic acids is 1. The monoisotopic (exact) mass is 199 g/mol. The standard InChI is InChI=1S/C10H17NO3/c1-3-8(10(13)14)11-5-4-9(12)7(2)6-11/h7-8H,3-6H2,1-2H3,(H,13,14). The van der Waals surface area contributed by atoms with E-state index in [1.54, 1.807) is 0 Å². The minimum atomic E-state index is -0.783. The molecule has 80 valence electrons. The van der Waals surface area contributed by atoms with E-state index in [0.717, 1.165) is 0 Å². The highest BCUT2D eigenvalue weighted by atomic mass is 16.4. The van der Waals surface area contributed by atoms with Gasteiger partial charge in [-0.15, -0.1) is 0 Å². The number of carbonyl (C=O) groups is 2. The molecular formula is C10H17NO3. The minimum absolute atomic E-state index is 0.0165. The molecule has 14 heavy (non-hydrogen) atoms. The normalized spacial score (nSPS) is 26.1. The van der Waals surface area contributed by atoms with Crippen molar-refractivity contribution in [3.63, 3.8) is 0 Å². The van der Waals surface area contributed by atoms with Gasteiger partial charge < -0.3 is 5.11 Å². The lowest BCUT2D eigenvalue weighted by Crippen LogP contribution is -2.48. The van der Waals surface area contributed by atoms with E-state index in [1.807, 2.05) is 18.7 Å². The van der Waals surface area contributed by atoms with Gasteiger partial charge in [0.1, 0.15) is 11.8 Å². The predicted molar refractivity (Wildman–Crippen MR) is 52.1 cm³/mol. The van der Waals surface area contributed by atoms with Crippen LogP contribution in [0.25, 0.3) is 0 Å². The van der Waals surface area contributed by atoms with Crippen LogP contribution in [-0.2, 0) is 9.59 Å². The number of likely N-dealkylation sites (tertiary alicyclic amines) is 1. The van der Waals surface area contributed by atoms with E-state index in [1.165, 1.54) is 0 Å². The lowest BCUT2D eigenvalue weighted by Gasteiger charge is -2.33. The summed E-state index contributed by atoms with van der Waals surface area (Å²) >= 11 is 0. The SMILES string of the molecule is CCC(C(=O)O)N1CCC(=O)C(C)C1. The molecule has 1 aliphatic heterocycles. The lowest BCUT2D eigenvalue weighted by atomic mass is 9.96. The van der Waals surface area contributed by atoms with Crippen LogP contribution in [0.5, 0.6) is 0 Å². The maximum atomic E-state index is 11.2. The smallest absolute Gasteiger partial charge is 0.320 e. The number of carboxylic acids is 1. The van der Waals surface area contributed by atoms with Gasteiger partial charge in [0.05, 0.1) is 0 Å². The molecule has 0 aromatic rings. The zero-order valence-electron chi connectivity index (χ0n) is 8.69. The van der Waals surface area contributed by atoms with E-state index >= 15 is 0 Å². The third kappa shape index (κ3) is 2.32. The predicted octanol–water partition coefficient (Wildman–Crippen LogP) is 0.760. The van der Waals surface area contributed by atoms with Crippen molar-refractivity contribution in [2.45, 2.75) is 32.7 Å². The maximum absolute atomic E-state index is 11.2. The van der Waals surface area contributed by atoms with Crippen LogP contribution < -0.4 is 0 Å². The van der Waals surface area contributed by atoms with Gasteiger partial charge in [-0.05, 0) is 6.42 Å². The maximum Gasteiger partial charge on any atom is 0.320 e. The first kappa shape index (κ1) is 11.2. The van der Waals surface area contributed by atoms with Gasteiger partial charge in [0.2, 0.25) is 0 Å². The Kier molecular flexibility index (Phi) is 3.63. The van der Waals surface area contributed by atoms with E-state index in [9.17, 15) is 9.59 Å². The van der Waals surface area contributed by atoms with Gasteiger partial charge >= 0.3 is 5.97 Å². The summed E-state index contributed by atoms with van der Waals surface area (Å²) in [7, 11) is 0. The van der Waals surface area contributed by atoms with Crippen LogP contribution in [0.1, 0.15) is 26.7 Å². The Labute approximate surface area is 83.9 Å². The summed E-state index contributed by atoms with van der Waals surface area (Å²) in [4.78, 5) is 24.0. The summed E-state index contributed by atoms with van der Waals surface area (Å²) in [5.74, 6) is -0.548. The highest BCUT2D eigenvalue weighted by Gasteiger charge is 2.30. The zero-order valence-corrected chi connectivity index (χ0v) is 8.69. The minimum Gasteiger partial charge on any atom is -0.480 e. The number of ketones is 1. The molecule has 0 aromatic heterocycles. The zero-order chi connectivity index (χ0) is 10.7. The molecule has 0 saturated carbocycles. The fourth-order valence-electron chi connectivity index (χ4n) is 1.92. The Morgan fingerprint density at radius 3 is 2.79 bits per heavy atom. The number of nitrogens with zero attached hydrogens (tertiary/aromatic N) is 1. The molecule has 2 atom stereocenters. The van der Waals surface area contributed by atoms with Crippen LogP contribution in [0.3, 0.4) is 0 Å². The summed E-state index contributed by atoms with van der Waals surface area (Å²) in [6, 6.07) is -0.425. The number of hydrogen-bond acceptors (Lipinski definition) is 3. The van der Waals surface area contributed by atoms with Crippen LogP contribution in [0.4, 0.5) is 0 Å². The van der Waals surface area contributed by atoms with Crippen LogP contribution in [0.2, 0.25) is 0 Å². The number of carboxylic acid groups (broad SMARTS) is 1. The summed E-state index contributed by atoms with van der Waals surface area (Å²) in [6.07, 6.45) is 1.08. The van der Waals surface area contributed by atoms with Gasteiger partial charge in [0.15, 0.2) is 0 Å². The molecule has 0 radical (unpaired) electrons. The van der Waals surface area contributed by atoms with E-state index in [2.05, 4.69) is 0 Å². The molecule has 0 aromatic carbocycles. The topological polar surface area (TPSA) is 57.6 Å². The van der Waals surface area contributed by atoms with Crippen molar-refractivity contribution < 1.29 is 14.7 Å². The Morgan fingerprint density at radius 1 is 1.71 bits per heavy atom. The molecule has 1 N–H and O–H groups in total. The van der Waals surface area contributed by atoms with Crippen molar-refractivity contribution >= 4 is 11.8 Å². The highest BCUT2D eigenvalue weighted by Crippen LogP contribution is 2.16. The summed E-state index contributed by atoms with van der Waals surface area (Å²) < 4.78 is 0. The Hall–Kier alpha value is -0.900. The van der Waals surface area contributed by atoms with E-state index in [4.69, 9.17) is 5.11 Å². The van der Waals surface area contributed by atoms with Crippen LogP contribution in [0, 0.1) is 5.92 Å². The number of rotatable bonds is 3. The van der Waals surface area contributed by atoms with Crippen molar-refractivity contribution in [1.29, 1.82) is 0 Å². The summed E-state index contributed by atoms with van der Waals surface area (Å²) in [5.41, 5.74) is 0. The second kappa shape index (κ2) is 4.55. The molecule has 1 heterocycles. The molecular weight excluding hydrogens is 182 g/mol. The second-order valence-corrected chi connectivity index (χ2v) is 3.87. The third-order valence-corrected chi connectivity index (χ3v) is 2.82.